The van der Waals surface area contributed by atoms with Crippen molar-refractivity contribution in [3.8, 4) is 0 Å². The Bertz CT molecular complexity index is 993. The largest absolute Gasteiger partial charge is 0.444 e. The number of nitrogens with two attached hydrogens (primary N) is 1. The van der Waals surface area contributed by atoms with Gasteiger partial charge in [0.05, 0.1) is 23.8 Å². The van der Waals surface area contributed by atoms with E-state index in [2.05, 4.69) is 10.3 Å². The second kappa shape index (κ2) is 9.50. The first-order valence-corrected chi connectivity index (χ1v) is 10.4. The van der Waals surface area contributed by atoms with Gasteiger partial charge in [0.15, 0.2) is 0 Å². The van der Waals surface area contributed by atoms with E-state index in [9.17, 15) is 18.4 Å². The van der Waals surface area contributed by atoms with Crippen molar-refractivity contribution in [3.63, 3.8) is 0 Å². The van der Waals surface area contributed by atoms with Gasteiger partial charge in [-0.25, -0.2) is 13.6 Å². The van der Waals surface area contributed by atoms with Crippen LogP contribution in [0.15, 0.2) is 36.5 Å². The molecule has 1 aromatic carbocycles. The van der Waals surface area contributed by atoms with Crippen LogP contribution in [0.1, 0.15) is 48.8 Å². The molecule has 2 aromatic rings. The number of amides is 2. The van der Waals surface area contributed by atoms with Crippen LogP contribution in [0, 0.1) is 5.82 Å². The van der Waals surface area contributed by atoms with Gasteiger partial charge in [-0.2, -0.15) is 0 Å². The third-order valence-electron chi connectivity index (χ3n) is 5.03. The molecule has 2 heterocycles. The lowest BCUT2D eigenvalue weighted by Gasteiger charge is -2.36. The van der Waals surface area contributed by atoms with Crippen molar-refractivity contribution in [2.75, 3.05) is 18.4 Å². The number of hydrogen-bond acceptors (Lipinski definition) is 5. The van der Waals surface area contributed by atoms with Crippen LogP contribution < -0.4 is 11.1 Å². The van der Waals surface area contributed by atoms with Gasteiger partial charge < -0.3 is 20.7 Å². The molecule has 2 atom stereocenters. The number of alkyl halides is 1. The minimum atomic E-state index is -1.38. The van der Waals surface area contributed by atoms with Crippen LogP contribution in [0.5, 0.6) is 0 Å². The third kappa shape index (κ3) is 6.15. The number of nitrogens with one attached hydrogen (secondary N) is 1. The smallest absolute Gasteiger partial charge is 0.410 e. The molecule has 3 N–H and O–H groups in total. The van der Waals surface area contributed by atoms with Crippen LogP contribution in [0.3, 0.4) is 0 Å². The summed E-state index contributed by atoms with van der Waals surface area (Å²) in [5, 5.41) is 3.06. The summed E-state index contributed by atoms with van der Waals surface area (Å²) >= 11 is 0. The molecule has 1 fully saturated rings. The second-order valence-corrected chi connectivity index (χ2v) is 8.87. The molecule has 1 aromatic heterocycles. The van der Waals surface area contributed by atoms with Gasteiger partial charge in [0, 0.05) is 24.9 Å². The van der Waals surface area contributed by atoms with Crippen LogP contribution in [-0.2, 0) is 11.2 Å². The summed E-state index contributed by atoms with van der Waals surface area (Å²) < 4.78 is 33.7. The summed E-state index contributed by atoms with van der Waals surface area (Å²) in [5.41, 5.74) is 6.58. The highest BCUT2D eigenvalue weighted by Crippen LogP contribution is 2.24. The van der Waals surface area contributed by atoms with Crippen molar-refractivity contribution in [2.24, 2.45) is 5.73 Å². The molecule has 3 rings (SSSR count). The van der Waals surface area contributed by atoms with Crippen molar-refractivity contribution >= 4 is 17.7 Å². The molecule has 32 heavy (non-hydrogen) atoms. The van der Waals surface area contributed by atoms with E-state index in [0.29, 0.717) is 36.3 Å². The van der Waals surface area contributed by atoms with Crippen LogP contribution in [-0.4, -0.2) is 52.8 Å². The summed E-state index contributed by atoms with van der Waals surface area (Å²) in [6.07, 6.45) is 0.0546. The number of pyridine rings is 1. The number of halogens is 2. The van der Waals surface area contributed by atoms with Crippen LogP contribution in [0.25, 0.3) is 0 Å². The van der Waals surface area contributed by atoms with Crippen LogP contribution in [0.4, 0.5) is 19.3 Å². The lowest BCUT2D eigenvalue weighted by atomic mass is 10.0. The highest BCUT2D eigenvalue weighted by molar-refractivity contribution is 5.98. The van der Waals surface area contributed by atoms with Crippen molar-refractivity contribution < 1.29 is 23.1 Å². The van der Waals surface area contributed by atoms with Crippen molar-refractivity contribution in [2.45, 2.75) is 51.4 Å². The van der Waals surface area contributed by atoms with E-state index in [0.717, 1.165) is 0 Å². The number of nitrogens with zero attached hydrogens (tertiary/aromatic N) is 2. The number of benzene rings is 1. The van der Waals surface area contributed by atoms with Gasteiger partial charge in [0.1, 0.15) is 17.6 Å². The van der Waals surface area contributed by atoms with Gasteiger partial charge in [0.25, 0.3) is 5.91 Å². The monoisotopic (exact) mass is 446 g/mol. The number of piperidine rings is 1. The van der Waals surface area contributed by atoms with Gasteiger partial charge >= 0.3 is 6.09 Å². The molecule has 1 aliphatic rings. The Hall–Kier alpha value is -3.23. The first kappa shape index (κ1) is 23.4. The average molecular weight is 446 g/mol. The van der Waals surface area contributed by atoms with Gasteiger partial charge in [-0.1, -0.05) is 12.1 Å². The molecule has 0 aliphatic carbocycles. The maximum atomic E-state index is 14.9. The molecule has 1 saturated heterocycles. The zero-order chi connectivity index (χ0) is 23.5. The van der Waals surface area contributed by atoms with Crippen LogP contribution >= 0.6 is 0 Å². The quantitative estimate of drug-likeness (QED) is 0.730. The molecule has 172 valence electrons. The summed E-state index contributed by atoms with van der Waals surface area (Å²) in [5.74, 6) is -1.05. The summed E-state index contributed by atoms with van der Waals surface area (Å²) in [7, 11) is 0. The molecule has 0 saturated carbocycles. The van der Waals surface area contributed by atoms with Crippen molar-refractivity contribution in [1.29, 1.82) is 0 Å². The van der Waals surface area contributed by atoms with Crippen molar-refractivity contribution in [3.05, 3.63) is 59.2 Å². The normalized spacial score (nSPS) is 18.8. The standard InChI is InChI=1S/C23H28F2N4O3/c1-23(2,3)32-22(31)29-8-7-19(18(25)13-29)28-20-11-16(27-12-17(20)21(26)30)10-14-5-4-6-15(24)9-14/h4-6,9,11-12,18-19H,7-8,10,13H2,1-3H3,(H2,26,30)(H,27,28)/t18-,19+/m0/s1. The molecule has 9 heteroatoms. The predicted molar refractivity (Wildman–Crippen MR) is 117 cm³/mol. The summed E-state index contributed by atoms with van der Waals surface area (Å²) in [4.78, 5) is 29.7. The number of likely N-dealkylation sites (tertiary alicyclic amines) is 1. The Morgan fingerprint density at radius 2 is 2.06 bits per heavy atom. The molecular formula is C23H28F2N4O3. The Morgan fingerprint density at radius 1 is 1.31 bits per heavy atom. The number of ether oxygens (including phenoxy) is 1. The summed E-state index contributed by atoms with van der Waals surface area (Å²) in [6.45, 7) is 5.44. The number of carbonyl (C=O) groups excluding carboxylic acids is 2. The first-order chi connectivity index (χ1) is 15.0. The molecule has 7 nitrogen and oxygen atoms in total. The fraction of sp³-hybridized carbons (Fsp3) is 0.435. The van der Waals surface area contributed by atoms with Gasteiger partial charge in [0.2, 0.25) is 0 Å². The Kier molecular flexibility index (Phi) is 6.96. The predicted octanol–water partition coefficient (Wildman–Crippen LogP) is 3.67. The molecule has 0 bridgehead atoms. The number of carbonyl (C=O) groups is 2. The number of aromatic nitrogens is 1. The van der Waals surface area contributed by atoms with E-state index in [4.69, 9.17) is 10.5 Å². The maximum Gasteiger partial charge on any atom is 0.410 e. The molecular weight excluding hydrogens is 418 g/mol. The SMILES string of the molecule is CC(C)(C)OC(=O)N1CC[C@@H](Nc2cc(Cc3cccc(F)c3)ncc2C(N)=O)[C@@H](F)C1. The lowest BCUT2D eigenvalue weighted by molar-refractivity contribution is 0.0125. The minimum absolute atomic E-state index is 0.125. The molecule has 0 unspecified atom stereocenters. The van der Waals surface area contributed by atoms with E-state index in [1.54, 1.807) is 39.0 Å². The van der Waals surface area contributed by atoms with E-state index in [1.807, 2.05) is 0 Å². The average Bonchev–Trinajstić information content (AvgIpc) is 2.68. The topological polar surface area (TPSA) is 97.6 Å². The molecule has 0 radical (unpaired) electrons. The van der Waals surface area contributed by atoms with E-state index in [-0.39, 0.29) is 17.9 Å². The number of primary amides is 1. The third-order valence-corrected chi connectivity index (χ3v) is 5.03. The zero-order valence-corrected chi connectivity index (χ0v) is 18.4. The van der Waals surface area contributed by atoms with Gasteiger partial charge in [-0.15, -0.1) is 0 Å². The van der Waals surface area contributed by atoms with Crippen LogP contribution in [0.2, 0.25) is 0 Å². The number of hydrogen-bond donors (Lipinski definition) is 2. The lowest BCUT2D eigenvalue weighted by Crippen LogP contribution is -2.51. The second-order valence-electron chi connectivity index (χ2n) is 8.87. The number of rotatable bonds is 5. The Balaban J connectivity index is 1.73. The Labute approximate surface area is 185 Å². The van der Waals surface area contributed by atoms with E-state index in [1.165, 1.54) is 23.2 Å². The molecule has 0 spiro atoms. The fourth-order valence-corrected chi connectivity index (χ4v) is 3.53. The molecule has 1 aliphatic heterocycles. The Morgan fingerprint density at radius 3 is 2.69 bits per heavy atom. The number of anilines is 1. The highest BCUT2D eigenvalue weighted by Gasteiger charge is 2.34. The van der Waals surface area contributed by atoms with Gasteiger partial charge in [-0.3, -0.25) is 9.78 Å². The van der Waals surface area contributed by atoms with E-state index >= 15 is 0 Å². The van der Waals surface area contributed by atoms with Crippen molar-refractivity contribution in [1.82, 2.24) is 9.88 Å². The fourth-order valence-electron chi connectivity index (χ4n) is 3.53. The summed E-state index contributed by atoms with van der Waals surface area (Å²) in [6, 6.07) is 7.12. The minimum Gasteiger partial charge on any atom is -0.444 e. The zero-order valence-electron chi connectivity index (χ0n) is 18.4. The maximum absolute atomic E-state index is 14.9. The first-order valence-electron chi connectivity index (χ1n) is 10.4. The highest BCUT2D eigenvalue weighted by atomic mass is 19.1. The molecule has 2 amide bonds. The van der Waals surface area contributed by atoms with Gasteiger partial charge in [-0.05, 0) is 51.0 Å². The van der Waals surface area contributed by atoms with E-state index < -0.39 is 29.8 Å².